The number of carbonyl (C=O) groups is 2. The first kappa shape index (κ1) is 15.5. The summed E-state index contributed by atoms with van der Waals surface area (Å²) >= 11 is 5.64. The number of nitrogens with zero attached hydrogens (tertiary/aromatic N) is 2. The number of carboxylic acids is 1. The second kappa shape index (κ2) is 6.00. The zero-order valence-corrected chi connectivity index (χ0v) is 12.6. The molecule has 0 aliphatic heterocycles. The Morgan fingerprint density at radius 1 is 1.39 bits per heavy atom. The van der Waals surface area contributed by atoms with E-state index in [1.165, 1.54) is 23.0 Å². The Balaban J connectivity index is 1.69. The van der Waals surface area contributed by atoms with Crippen LogP contribution in [0.25, 0.3) is 0 Å². The number of hydrogen-bond acceptors (Lipinski definition) is 3. The molecule has 0 unspecified atom stereocenters. The summed E-state index contributed by atoms with van der Waals surface area (Å²) in [5, 5.41) is 15.6. The molecule has 8 heteroatoms. The molecule has 1 amide bonds. The zero-order chi connectivity index (χ0) is 16.6. The number of carbonyl (C=O) groups excluding carboxylic acids is 1. The van der Waals surface area contributed by atoms with E-state index in [9.17, 15) is 14.0 Å². The van der Waals surface area contributed by atoms with Gasteiger partial charge in [-0.3, -0.25) is 9.59 Å². The van der Waals surface area contributed by atoms with Crippen LogP contribution in [0.15, 0.2) is 30.5 Å². The maximum Gasteiger partial charge on any atom is 0.307 e. The molecule has 1 saturated carbocycles. The van der Waals surface area contributed by atoms with E-state index < -0.39 is 23.6 Å². The molecule has 0 radical (unpaired) electrons. The van der Waals surface area contributed by atoms with Crippen LogP contribution in [-0.4, -0.2) is 26.8 Å². The van der Waals surface area contributed by atoms with E-state index in [-0.39, 0.29) is 17.5 Å². The molecule has 2 aromatic rings. The number of anilines is 1. The molecule has 2 atom stereocenters. The van der Waals surface area contributed by atoms with Crippen LogP contribution >= 0.6 is 11.6 Å². The molecule has 1 aromatic carbocycles. The number of rotatable bonds is 5. The van der Waals surface area contributed by atoms with Crippen LogP contribution in [0.4, 0.5) is 10.2 Å². The van der Waals surface area contributed by atoms with Gasteiger partial charge < -0.3 is 10.4 Å². The molecule has 3 rings (SSSR count). The van der Waals surface area contributed by atoms with Crippen molar-refractivity contribution in [2.75, 3.05) is 5.32 Å². The summed E-state index contributed by atoms with van der Waals surface area (Å²) in [7, 11) is 0. The van der Waals surface area contributed by atoms with Crippen molar-refractivity contribution in [1.82, 2.24) is 9.78 Å². The van der Waals surface area contributed by atoms with Crippen LogP contribution in [0.5, 0.6) is 0 Å². The van der Waals surface area contributed by atoms with E-state index >= 15 is 0 Å². The number of aromatic nitrogens is 2. The van der Waals surface area contributed by atoms with Crippen molar-refractivity contribution in [3.8, 4) is 0 Å². The fraction of sp³-hybridized carbons (Fsp3) is 0.267. The Morgan fingerprint density at radius 2 is 2.17 bits per heavy atom. The zero-order valence-electron chi connectivity index (χ0n) is 11.9. The quantitative estimate of drug-likeness (QED) is 0.877. The van der Waals surface area contributed by atoms with Crippen LogP contribution in [0.3, 0.4) is 0 Å². The van der Waals surface area contributed by atoms with Crippen molar-refractivity contribution < 1.29 is 19.1 Å². The minimum Gasteiger partial charge on any atom is -0.481 e. The van der Waals surface area contributed by atoms with Crippen molar-refractivity contribution in [3.63, 3.8) is 0 Å². The predicted octanol–water partition coefficient (Wildman–Crippen LogP) is 2.38. The Kier molecular flexibility index (Phi) is 4.04. The monoisotopic (exact) mass is 337 g/mol. The third kappa shape index (κ3) is 3.34. The summed E-state index contributed by atoms with van der Waals surface area (Å²) in [4.78, 5) is 22.8. The summed E-state index contributed by atoms with van der Waals surface area (Å²) in [6.07, 6.45) is 1.85. The molecular formula is C15H13ClFN3O3. The summed E-state index contributed by atoms with van der Waals surface area (Å²) < 4.78 is 15.0. The first-order valence-corrected chi connectivity index (χ1v) is 7.33. The lowest BCUT2D eigenvalue weighted by molar-refractivity contribution is -0.139. The molecule has 1 aliphatic carbocycles. The smallest absolute Gasteiger partial charge is 0.307 e. The summed E-state index contributed by atoms with van der Waals surface area (Å²) in [6.45, 7) is 0.254. The van der Waals surface area contributed by atoms with Crippen molar-refractivity contribution >= 4 is 29.3 Å². The van der Waals surface area contributed by atoms with Gasteiger partial charge in [-0.05, 0) is 24.1 Å². The van der Waals surface area contributed by atoms with Gasteiger partial charge in [-0.1, -0.05) is 17.7 Å². The number of aliphatic carboxylic acids is 1. The lowest BCUT2D eigenvalue weighted by atomic mass is 10.2. The Hall–Kier alpha value is -2.41. The topological polar surface area (TPSA) is 84.2 Å². The number of hydrogen-bond donors (Lipinski definition) is 2. The van der Waals surface area contributed by atoms with Gasteiger partial charge in [0, 0.05) is 6.07 Å². The average Bonchev–Trinajstić information content (AvgIpc) is 3.21. The van der Waals surface area contributed by atoms with E-state index in [1.807, 2.05) is 0 Å². The van der Waals surface area contributed by atoms with Gasteiger partial charge in [0.25, 0.3) is 0 Å². The van der Waals surface area contributed by atoms with E-state index in [2.05, 4.69) is 10.4 Å². The first-order valence-electron chi connectivity index (χ1n) is 6.95. The summed E-state index contributed by atoms with van der Waals surface area (Å²) in [5.41, 5.74) is 0.640. The van der Waals surface area contributed by atoms with Gasteiger partial charge in [0.05, 0.1) is 29.6 Å². The normalized spacial score (nSPS) is 19.4. The van der Waals surface area contributed by atoms with Gasteiger partial charge in [0.2, 0.25) is 5.91 Å². The average molecular weight is 338 g/mol. The largest absolute Gasteiger partial charge is 0.481 e. The third-order valence-corrected chi connectivity index (χ3v) is 4.04. The van der Waals surface area contributed by atoms with E-state index in [0.717, 1.165) is 0 Å². The first-order chi connectivity index (χ1) is 11.0. The molecule has 1 aliphatic rings. The van der Waals surface area contributed by atoms with Crippen LogP contribution in [-0.2, 0) is 16.1 Å². The Morgan fingerprint density at radius 3 is 2.83 bits per heavy atom. The molecule has 2 N–H and O–H groups in total. The van der Waals surface area contributed by atoms with Crippen LogP contribution in [0.2, 0.25) is 5.02 Å². The van der Waals surface area contributed by atoms with Gasteiger partial charge >= 0.3 is 5.97 Å². The third-order valence-electron chi connectivity index (χ3n) is 3.73. The van der Waals surface area contributed by atoms with E-state index in [0.29, 0.717) is 17.8 Å². The Bertz CT molecular complexity index is 777. The number of halogens is 2. The molecule has 120 valence electrons. The number of benzene rings is 1. The highest BCUT2D eigenvalue weighted by Gasteiger charge is 2.48. The second-order valence-electron chi connectivity index (χ2n) is 5.40. The fourth-order valence-corrected chi connectivity index (χ4v) is 2.47. The number of carboxylic acid groups (broad SMARTS) is 1. The SMILES string of the molecule is O=C(O)[C@H]1C[C@@H]1C(=O)Nc1ccnn1Cc1ccc(Cl)c(F)c1. The van der Waals surface area contributed by atoms with Crippen molar-refractivity contribution in [2.45, 2.75) is 13.0 Å². The van der Waals surface area contributed by atoms with Crippen LogP contribution < -0.4 is 5.32 Å². The fourth-order valence-electron chi connectivity index (χ4n) is 2.35. The van der Waals surface area contributed by atoms with Crippen LogP contribution in [0, 0.1) is 17.7 Å². The van der Waals surface area contributed by atoms with Crippen molar-refractivity contribution in [3.05, 3.63) is 46.9 Å². The van der Waals surface area contributed by atoms with Crippen molar-refractivity contribution in [1.29, 1.82) is 0 Å². The number of amides is 1. The van der Waals surface area contributed by atoms with Gasteiger partial charge in [-0.25, -0.2) is 9.07 Å². The summed E-state index contributed by atoms with van der Waals surface area (Å²) in [5.74, 6) is -2.53. The molecule has 0 spiro atoms. The number of nitrogens with one attached hydrogen (secondary N) is 1. The lowest BCUT2D eigenvalue weighted by Gasteiger charge is -2.09. The highest BCUT2D eigenvalue weighted by molar-refractivity contribution is 6.30. The standard InChI is InChI=1S/C15H13ClFN3O3/c16-11-2-1-8(5-12(11)17)7-20-13(3-4-18-20)19-14(21)9-6-10(9)15(22)23/h1-5,9-10H,6-7H2,(H,19,21)(H,22,23)/t9-,10-/m0/s1. The minimum atomic E-state index is -0.963. The molecule has 1 aromatic heterocycles. The maximum absolute atomic E-state index is 13.5. The van der Waals surface area contributed by atoms with Gasteiger partial charge in [-0.15, -0.1) is 0 Å². The molecule has 1 fully saturated rings. The van der Waals surface area contributed by atoms with Gasteiger partial charge in [-0.2, -0.15) is 5.10 Å². The molecule has 0 bridgehead atoms. The molecule has 6 nitrogen and oxygen atoms in total. The second-order valence-corrected chi connectivity index (χ2v) is 5.81. The molecule has 23 heavy (non-hydrogen) atoms. The highest BCUT2D eigenvalue weighted by Crippen LogP contribution is 2.39. The van der Waals surface area contributed by atoms with Gasteiger partial charge in [0.1, 0.15) is 11.6 Å². The Labute approximate surface area is 135 Å². The maximum atomic E-state index is 13.5. The van der Waals surface area contributed by atoms with Crippen LogP contribution in [0.1, 0.15) is 12.0 Å². The van der Waals surface area contributed by atoms with E-state index in [4.69, 9.17) is 16.7 Å². The molecule has 0 saturated heterocycles. The lowest BCUT2D eigenvalue weighted by Crippen LogP contribution is -2.19. The van der Waals surface area contributed by atoms with E-state index in [1.54, 1.807) is 12.1 Å². The summed E-state index contributed by atoms with van der Waals surface area (Å²) in [6, 6.07) is 6.02. The minimum absolute atomic E-state index is 0.0381. The van der Waals surface area contributed by atoms with Crippen molar-refractivity contribution in [2.24, 2.45) is 11.8 Å². The highest BCUT2D eigenvalue weighted by atomic mass is 35.5. The predicted molar refractivity (Wildman–Crippen MR) is 80.6 cm³/mol. The van der Waals surface area contributed by atoms with Gasteiger partial charge in [0.15, 0.2) is 0 Å². The molecule has 1 heterocycles. The molecular weight excluding hydrogens is 325 g/mol.